The second kappa shape index (κ2) is 4.02. The highest BCUT2D eigenvalue weighted by molar-refractivity contribution is 5.77. The summed E-state index contributed by atoms with van der Waals surface area (Å²) in [5, 5.41) is 0. The molecule has 0 amide bonds. The fourth-order valence-electron chi connectivity index (χ4n) is 1.18. The van der Waals surface area contributed by atoms with Gasteiger partial charge in [0.15, 0.2) is 0 Å². The lowest BCUT2D eigenvalue weighted by atomic mass is 10.0. The summed E-state index contributed by atoms with van der Waals surface area (Å²) < 4.78 is 0. The topological polar surface area (TPSA) is 43.1 Å². The molecule has 1 rings (SSSR count). The summed E-state index contributed by atoms with van der Waals surface area (Å²) in [6.07, 6.45) is 1.63. The van der Waals surface area contributed by atoms with Gasteiger partial charge in [0.05, 0.1) is 0 Å². The molecule has 0 aromatic heterocycles. The van der Waals surface area contributed by atoms with Gasteiger partial charge in [0, 0.05) is 11.6 Å². The van der Waals surface area contributed by atoms with Gasteiger partial charge in [-0.05, 0) is 18.9 Å². The van der Waals surface area contributed by atoms with Gasteiger partial charge in [-0.15, -0.1) is 0 Å². The van der Waals surface area contributed by atoms with Crippen LogP contribution in [0.5, 0.6) is 0 Å². The first-order chi connectivity index (χ1) is 5.74. The normalized spacial score (nSPS) is 12.5. The van der Waals surface area contributed by atoms with Gasteiger partial charge in [-0.1, -0.05) is 24.3 Å². The molecule has 0 bridgehead atoms. The molecule has 0 spiro atoms. The first-order valence-electron chi connectivity index (χ1n) is 4.02. The van der Waals surface area contributed by atoms with E-state index in [4.69, 9.17) is 5.73 Å². The molecule has 64 valence electrons. The monoisotopic (exact) mass is 163 g/mol. The van der Waals surface area contributed by atoms with Gasteiger partial charge in [-0.25, -0.2) is 0 Å². The van der Waals surface area contributed by atoms with Gasteiger partial charge < -0.3 is 5.73 Å². The number of aldehydes is 1. The fourth-order valence-corrected chi connectivity index (χ4v) is 1.18. The van der Waals surface area contributed by atoms with Crippen LogP contribution in [0.15, 0.2) is 24.3 Å². The number of carbonyl (C=O) groups excluding carboxylic acids is 1. The van der Waals surface area contributed by atoms with Crippen LogP contribution in [0.1, 0.15) is 22.8 Å². The number of hydrogen-bond acceptors (Lipinski definition) is 2. The minimum atomic E-state index is 0.103. The minimum absolute atomic E-state index is 0.103. The first-order valence-corrected chi connectivity index (χ1v) is 4.02. The predicted octanol–water partition coefficient (Wildman–Crippen LogP) is 1.39. The summed E-state index contributed by atoms with van der Waals surface area (Å²) in [7, 11) is 0. The fraction of sp³-hybridized carbons (Fsp3) is 0.300. The van der Waals surface area contributed by atoms with Crippen LogP contribution in [-0.4, -0.2) is 12.3 Å². The lowest BCUT2D eigenvalue weighted by Crippen LogP contribution is -2.18. The number of nitrogens with two attached hydrogens (primary N) is 1. The smallest absolute Gasteiger partial charge is 0.150 e. The lowest BCUT2D eigenvalue weighted by Gasteiger charge is -2.06. The summed E-state index contributed by atoms with van der Waals surface area (Å²) in [5.74, 6) is 0. The highest BCUT2D eigenvalue weighted by atomic mass is 16.1. The van der Waals surface area contributed by atoms with Crippen molar-refractivity contribution in [3.05, 3.63) is 35.4 Å². The summed E-state index contributed by atoms with van der Waals surface area (Å²) in [6.45, 7) is 1.93. The van der Waals surface area contributed by atoms with Crippen LogP contribution in [0.4, 0.5) is 0 Å². The van der Waals surface area contributed by atoms with Crippen molar-refractivity contribution < 1.29 is 4.79 Å². The van der Waals surface area contributed by atoms with Gasteiger partial charge in [-0.3, -0.25) is 4.79 Å². The SMILES string of the molecule is CC(N)Cc1ccccc1C=O. The summed E-state index contributed by atoms with van der Waals surface area (Å²) >= 11 is 0. The van der Waals surface area contributed by atoms with Crippen molar-refractivity contribution in [3.63, 3.8) is 0 Å². The van der Waals surface area contributed by atoms with Crippen molar-refractivity contribution in [1.82, 2.24) is 0 Å². The Balaban J connectivity index is 2.89. The van der Waals surface area contributed by atoms with Gasteiger partial charge in [0.2, 0.25) is 0 Å². The quantitative estimate of drug-likeness (QED) is 0.684. The molecule has 0 radical (unpaired) electrons. The molecule has 0 aliphatic rings. The molecule has 1 atom stereocenters. The van der Waals surface area contributed by atoms with Crippen molar-refractivity contribution in [2.24, 2.45) is 5.73 Å². The van der Waals surface area contributed by atoms with Crippen molar-refractivity contribution >= 4 is 6.29 Å². The summed E-state index contributed by atoms with van der Waals surface area (Å²) in [5.41, 5.74) is 7.41. The first kappa shape index (κ1) is 8.94. The Bertz CT molecular complexity index is 268. The Kier molecular flexibility index (Phi) is 3.00. The molecular weight excluding hydrogens is 150 g/mol. The van der Waals surface area contributed by atoms with Crippen molar-refractivity contribution in [2.45, 2.75) is 19.4 Å². The number of benzene rings is 1. The number of hydrogen-bond donors (Lipinski definition) is 1. The van der Waals surface area contributed by atoms with Crippen molar-refractivity contribution in [1.29, 1.82) is 0 Å². The van der Waals surface area contributed by atoms with E-state index in [0.717, 1.165) is 23.8 Å². The van der Waals surface area contributed by atoms with Crippen LogP contribution in [0.3, 0.4) is 0 Å². The van der Waals surface area contributed by atoms with Crippen LogP contribution in [0, 0.1) is 0 Å². The van der Waals surface area contributed by atoms with E-state index < -0.39 is 0 Å². The Hall–Kier alpha value is -1.15. The van der Waals surface area contributed by atoms with Gasteiger partial charge in [0.1, 0.15) is 6.29 Å². The van der Waals surface area contributed by atoms with Crippen LogP contribution in [0.25, 0.3) is 0 Å². The zero-order valence-corrected chi connectivity index (χ0v) is 7.16. The Morgan fingerprint density at radius 3 is 2.75 bits per heavy atom. The van der Waals surface area contributed by atoms with Crippen LogP contribution in [0.2, 0.25) is 0 Å². The van der Waals surface area contributed by atoms with Crippen molar-refractivity contribution in [2.75, 3.05) is 0 Å². The molecule has 0 saturated carbocycles. The van der Waals surface area contributed by atoms with Crippen LogP contribution in [-0.2, 0) is 6.42 Å². The summed E-state index contributed by atoms with van der Waals surface area (Å²) in [4.78, 5) is 10.6. The second-order valence-corrected chi connectivity index (χ2v) is 3.00. The zero-order valence-electron chi connectivity index (χ0n) is 7.16. The van der Waals surface area contributed by atoms with Crippen molar-refractivity contribution in [3.8, 4) is 0 Å². The van der Waals surface area contributed by atoms with E-state index in [-0.39, 0.29) is 6.04 Å². The molecule has 0 aliphatic carbocycles. The van der Waals surface area contributed by atoms with E-state index in [0.29, 0.717) is 0 Å². The highest BCUT2D eigenvalue weighted by Crippen LogP contribution is 2.07. The third kappa shape index (κ3) is 2.17. The molecule has 2 nitrogen and oxygen atoms in total. The number of rotatable bonds is 3. The molecule has 0 heterocycles. The maximum atomic E-state index is 10.6. The molecule has 1 aromatic carbocycles. The summed E-state index contributed by atoms with van der Waals surface area (Å²) in [6, 6.07) is 7.63. The van der Waals surface area contributed by atoms with E-state index in [9.17, 15) is 4.79 Å². The Morgan fingerprint density at radius 2 is 2.17 bits per heavy atom. The standard InChI is InChI=1S/C10H13NO/c1-8(11)6-9-4-2-3-5-10(9)7-12/h2-5,7-8H,6,11H2,1H3. The van der Waals surface area contributed by atoms with E-state index in [1.807, 2.05) is 31.2 Å². The lowest BCUT2D eigenvalue weighted by molar-refractivity contribution is 0.112. The third-order valence-corrected chi connectivity index (χ3v) is 1.72. The highest BCUT2D eigenvalue weighted by Gasteiger charge is 2.02. The van der Waals surface area contributed by atoms with E-state index in [1.165, 1.54) is 0 Å². The maximum Gasteiger partial charge on any atom is 0.150 e. The zero-order chi connectivity index (χ0) is 8.97. The van der Waals surface area contributed by atoms with Crippen LogP contribution < -0.4 is 5.73 Å². The van der Waals surface area contributed by atoms with Gasteiger partial charge >= 0.3 is 0 Å². The molecule has 0 fully saturated rings. The Morgan fingerprint density at radius 1 is 1.50 bits per heavy atom. The molecule has 12 heavy (non-hydrogen) atoms. The van der Waals surface area contributed by atoms with E-state index >= 15 is 0 Å². The maximum absolute atomic E-state index is 10.6. The van der Waals surface area contributed by atoms with E-state index in [2.05, 4.69) is 0 Å². The average molecular weight is 163 g/mol. The molecule has 2 heteroatoms. The predicted molar refractivity (Wildman–Crippen MR) is 49.2 cm³/mol. The largest absolute Gasteiger partial charge is 0.328 e. The van der Waals surface area contributed by atoms with Gasteiger partial charge in [0.25, 0.3) is 0 Å². The van der Waals surface area contributed by atoms with Crippen LogP contribution >= 0.6 is 0 Å². The second-order valence-electron chi connectivity index (χ2n) is 3.00. The molecule has 2 N–H and O–H groups in total. The molecule has 0 saturated heterocycles. The van der Waals surface area contributed by atoms with Gasteiger partial charge in [-0.2, -0.15) is 0 Å². The molecular formula is C10H13NO. The Labute approximate surface area is 72.4 Å². The van der Waals surface area contributed by atoms with E-state index in [1.54, 1.807) is 0 Å². The molecule has 1 unspecified atom stereocenters. The number of carbonyl (C=O) groups is 1. The average Bonchev–Trinajstić information content (AvgIpc) is 2.04. The minimum Gasteiger partial charge on any atom is -0.328 e. The molecule has 0 aliphatic heterocycles. The third-order valence-electron chi connectivity index (χ3n) is 1.72. The molecule has 1 aromatic rings.